The van der Waals surface area contributed by atoms with Gasteiger partial charge in [-0.2, -0.15) is 10.2 Å². The molecular weight excluding hydrogens is 352 g/mol. The summed E-state index contributed by atoms with van der Waals surface area (Å²) in [4.78, 5) is 9.45. The summed E-state index contributed by atoms with van der Waals surface area (Å²) in [5.74, 6) is 6.39. The number of hydrazine groups is 1. The monoisotopic (exact) mass is 360 g/mol. The molecule has 0 spiro atoms. The molecule has 0 saturated heterocycles. The Morgan fingerprint density at radius 3 is 2.86 bits per heavy atom. The first-order valence-electron chi connectivity index (χ1n) is 5.90. The second-order valence-corrected chi connectivity index (χ2v) is 5.86. The van der Waals surface area contributed by atoms with Crippen molar-refractivity contribution in [3.8, 4) is 6.07 Å². The van der Waals surface area contributed by atoms with Gasteiger partial charge in [0.2, 0.25) is 5.95 Å². The van der Waals surface area contributed by atoms with Crippen LogP contribution in [-0.4, -0.2) is 9.97 Å². The molecule has 3 aromatic rings. The first-order valence-corrected chi connectivity index (χ1v) is 7.57. The van der Waals surface area contributed by atoms with Gasteiger partial charge in [-0.1, -0.05) is 0 Å². The molecule has 0 amide bonds. The molecule has 3 rings (SSSR count). The van der Waals surface area contributed by atoms with Gasteiger partial charge in [-0.25, -0.2) is 10.8 Å². The molecule has 0 unspecified atom stereocenters. The Bertz CT molecular complexity index is 853. The molecule has 6 nitrogen and oxygen atoms in total. The molecule has 2 aromatic heterocycles. The van der Waals surface area contributed by atoms with E-state index in [0.29, 0.717) is 17.3 Å². The summed E-state index contributed by atoms with van der Waals surface area (Å²) < 4.78 is 0.783. The highest BCUT2D eigenvalue weighted by atomic mass is 79.9. The van der Waals surface area contributed by atoms with Gasteiger partial charge in [0.15, 0.2) is 0 Å². The number of halogens is 1. The van der Waals surface area contributed by atoms with Crippen LogP contribution in [-0.2, 0) is 0 Å². The lowest BCUT2D eigenvalue weighted by molar-refractivity contribution is 1.16. The standard InChI is InChI=1S/C13H9BrN6S/c14-9-5-7(6-15)1-2-10(9)17-11-8-3-4-21-12(8)19-13(18-11)20-16/h1-5H,16H2,(H2,17,18,19,20). The van der Waals surface area contributed by atoms with Gasteiger partial charge in [-0.3, -0.25) is 5.43 Å². The molecule has 0 bridgehead atoms. The molecule has 21 heavy (non-hydrogen) atoms. The highest BCUT2D eigenvalue weighted by Crippen LogP contribution is 2.31. The van der Waals surface area contributed by atoms with E-state index in [1.807, 2.05) is 17.5 Å². The van der Waals surface area contributed by atoms with Gasteiger partial charge in [0, 0.05) is 4.47 Å². The van der Waals surface area contributed by atoms with Crippen molar-refractivity contribution in [2.45, 2.75) is 0 Å². The molecular formula is C13H9BrN6S. The Kier molecular flexibility index (Phi) is 3.70. The fraction of sp³-hybridized carbons (Fsp3) is 0. The zero-order valence-electron chi connectivity index (χ0n) is 10.6. The highest BCUT2D eigenvalue weighted by Gasteiger charge is 2.10. The predicted molar refractivity (Wildman–Crippen MR) is 87.4 cm³/mol. The van der Waals surface area contributed by atoms with Crippen LogP contribution in [0.25, 0.3) is 10.2 Å². The van der Waals surface area contributed by atoms with Crippen molar-refractivity contribution in [1.29, 1.82) is 5.26 Å². The number of nitrogens with zero attached hydrogens (tertiary/aromatic N) is 3. The Balaban J connectivity index is 2.05. The number of benzene rings is 1. The second kappa shape index (κ2) is 5.65. The second-order valence-electron chi connectivity index (χ2n) is 4.11. The Hall–Kier alpha value is -2.21. The van der Waals surface area contributed by atoms with Crippen molar-refractivity contribution in [2.75, 3.05) is 10.7 Å². The molecule has 0 fully saturated rings. The fourth-order valence-electron chi connectivity index (χ4n) is 1.83. The Morgan fingerprint density at radius 1 is 1.29 bits per heavy atom. The quantitative estimate of drug-likeness (QED) is 0.489. The summed E-state index contributed by atoms with van der Waals surface area (Å²) in [5, 5.41) is 15.0. The van der Waals surface area contributed by atoms with E-state index in [-0.39, 0.29) is 0 Å². The van der Waals surface area contributed by atoms with E-state index in [4.69, 9.17) is 11.1 Å². The Labute approximate surface area is 132 Å². The third-order valence-electron chi connectivity index (χ3n) is 2.81. The zero-order chi connectivity index (χ0) is 14.8. The van der Waals surface area contributed by atoms with Gasteiger partial charge in [-0.15, -0.1) is 11.3 Å². The van der Waals surface area contributed by atoms with E-state index in [2.05, 4.69) is 42.7 Å². The summed E-state index contributed by atoms with van der Waals surface area (Å²) in [7, 11) is 0. The number of hydrogen-bond acceptors (Lipinski definition) is 7. The molecule has 0 aliphatic heterocycles. The number of anilines is 3. The van der Waals surface area contributed by atoms with Crippen LogP contribution >= 0.6 is 27.3 Å². The van der Waals surface area contributed by atoms with Crippen LogP contribution in [0.4, 0.5) is 17.5 Å². The molecule has 1 aromatic carbocycles. The minimum absolute atomic E-state index is 0.345. The van der Waals surface area contributed by atoms with Crippen molar-refractivity contribution >= 4 is 54.9 Å². The van der Waals surface area contributed by atoms with Crippen LogP contribution in [0.15, 0.2) is 34.1 Å². The summed E-state index contributed by atoms with van der Waals surface area (Å²) in [5.41, 5.74) is 3.85. The summed E-state index contributed by atoms with van der Waals surface area (Å²) in [6, 6.07) is 9.34. The van der Waals surface area contributed by atoms with Crippen LogP contribution in [0.1, 0.15) is 5.56 Å². The molecule has 0 radical (unpaired) electrons. The largest absolute Gasteiger partial charge is 0.339 e. The summed E-state index contributed by atoms with van der Waals surface area (Å²) >= 11 is 4.95. The van der Waals surface area contributed by atoms with Crippen LogP contribution in [0.2, 0.25) is 0 Å². The lowest BCUT2D eigenvalue weighted by Gasteiger charge is -2.10. The number of nitrogen functional groups attached to an aromatic ring is 1. The number of nitriles is 1. The molecule has 0 saturated carbocycles. The lowest BCUT2D eigenvalue weighted by Crippen LogP contribution is -2.11. The van der Waals surface area contributed by atoms with E-state index in [1.165, 1.54) is 11.3 Å². The van der Waals surface area contributed by atoms with Crippen LogP contribution < -0.4 is 16.6 Å². The van der Waals surface area contributed by atoms with E-state index in [0.717, 1.165) is 20.4 Å². The predicted octanol–water partition coefficient (Wildman–Crippen LogP) is 3.35. The molecule has 0 aliphatic carbocycles. The summed E-state index contributed by atoms with van der Waals surface area (Å²) in [6.45, 7) is 0. The first-order chi connectivity index (χ1) is 10.2. The third kappa shape index (κ3) is 2.67. The number of fused-ring (bicyclic) bond motifs is 1. The average molecular weight is 361 g/mol. The SMILES string of the molecule is N#Cc1ccc(Nc2nc(NN)nc3sccc23)c(Br)c1. The number of nitrogens with two attached hydrogens (primary N) is 1. The van der Waals surface area contributed by atoms with E-state index in [9.17, 15) is 0 Å². The number of rotatable bonds is 3. The molecule has 0 atom stereocenters. The third-order valence-corrected chi connectivity index (χ3v) is 4.27. The zero-order valence-corrected chi connectivity index (χ0v) is 13.0. The van der Waals surface area contributed by atoms with Gasteiger partial charge in [-0.05, 0) is 45.6 Å². The molecule has 8 heteroatoms. The summed E-state index contributed by atoms with van der Waals surface area (Å²) in [6.07, 6.45) is 0. The molecule has 4 N–H and O–H groups in total. The van der Waals surface area contributed by atoms with Crippen molar-refractivity contribution in [3.05, 3.63) is 39.7 Å². The van der Waals surface area contributed by atoms with Gasteiger partial charge in [0.1, 0.15) is 10.6 Å². The smallest absolute Gasteiger partial charge is 0.240 e. The van der Waals surface area contributed by atoms with Crippen molar-refractivity contribution in [3.63, 3.8) is 0 Å². The normalized spacial score (nSPS) is 10.3. The maximum absolute atomic E-state index is 8.89. The van der Waals surface area contributed by atoms with E-state index < -0.39 is 0 Å². The number of hydrogen-bond donors (Lipinski definition) is 3. The van der Waals surface area contributed by atoms with E-state index >= 15 is 0 Å². The topological polar surface area (TPSA) is 99.7 Å². The van der Waals surface area contributed by atoms with Gasteiger partial charge >= 0.3 is 0 Å². The minimum atomic E-state index is 0.345. The van der Waals surface area contributed by atoms with E-state index in [1.54, 1.807) is 12.1 Å². The van der Waals surface area contributed by atoms with Gasteiger partial charge < -0.3 is 5.32 Å². The lowest BCUT2D eigenvalue weighted by atomic mass is 10.2. The van der Waals surface area contributed by atoms with Crippen LogP contribution in [0.3, 0.4) is 0 Å². The maximum Gasteiger partial charge on any atom is 0.240 e. The highest BCUT2D eigenvalue weighted by molar-refractivity contribution is 9.10. The van der Waals surface area contributed by atoms with Crippen molar-refractivity contribution in [1.82, 2.24) is 9.97 Å². The number of nitrogens with one attached hydrogen (secondary N) is 2. The average Bonchev–Trinajstić information content (AvgIpc) is 2.97. The first kappa shape index (κ1) is 13.8. The molecule has 0 aliphatic rings. The fourth-order valence-corrected chi connectivity index (χ4v) is 3.07. The Morgan fingerprint density at radius 2 is 2.14 bits per heavy atom. The maximum atomic E-state index is 8.89. The van der Waals surface area contributed by atoms with Gasteiger partial charge in [0.05, 0.1) is 22.7 Å². The number of thiophene rings is 1. The van der Waals surface area contributed by atoms with Crippen molar-refractivity contribution in [2.24, 2.45) is 5.84 Å². The van der Waals surface area contributed by atoms with Gasteiger partial charge in [0.25, 0.3) is 0 Å². The number of aromatic nitrogens is 2. The van der Waals surface area contributed by atoms with Crippen molar-refractivity contribution < 1.29 is 0 Å². The molecule has 2 heterocycles. The molecule has 104 valence electrons. The minimum Gasteiger partial charge on any atom is -0.339 e. The van der Waals surface area contributed by atoms with Crippen LogP contribution in [0.5, 0.6) is 0 Å². The van der Waals surface area contributed by atoms with Crippen LogP contribution in [0, 0.1) is 11.3 Å².